The van der Waals surface area contributed by atoms with Gasteiger partial charge in [0.25, 0.3) is 0 Å². The zero-order valence-electron chi connectivity index (χ0n) is 11.2. The third kappa shape index (κ3) is 4.00. The van der Waals surface area contributed by atoms with Crippen molar-refractivity contribution in [3.63, 3.8) is 0 Å². The zero-order valence-corrected chi connectivity index (χ0v) is 11.2. The normalized spacial score (nSPS) is 36.4. The first-order valence-electron chi connectivity index (χ1n) is 7.57. The molecule has 0 N–H and O–H groups in total. The Bertz CT molecular complexity index is 237. The molecule has 104 valence electrons. The molecule has 0 aliphatic heterocycles. The summed E-state index contributed by atoms with van der Waals surface area (Å²) in [6, 6.07) is 0. The van der Waals surface area contributed by atoms with Crippen LogP contribution in [0.1, 0.15) is 65.2 Å². The van der Waals surface area contributed by atoms with Crippen LogP contribution < -0.4 is 0 Å². The molecule has 0 radical (unpaired) electrons. The molecule has 18 heavy (non-hydrogen) atoms. The molecule has 0 aromatic carbocycles. The molecule has 0 amide bonds. The standard InChI is InChI=1S/C17H28.CH4/c1-3-5-15-8-12-17(13-9-15)16-10-6-14(4-2)7-11-16;/h3-4,14-17H,1-2,5-13H2;1H4. The second-order valence-electron chi connectivity index (χ2n) is 6.22. The van der Waals surface area contributed by atoms with E-state index in [-0.39, 0.29) is 7.43 Å². The van der Waals surface area contributed by atoms with Crippen LogP contribution in [0.25, 0.3) is 0 Å². The predicted molar refractivity (Wildman–Crippen MR) is 82.6 cm³/mol. The molecular weight excluding hydrogens is 216 g/mol. The maximum absolute atomic E-state index is 3.94. The van der Waals surface area contributed by atoms with E-state index in [1.807, 2.05) is 0 Å². The molecule has 0 aromatic rings. The lowest BCUT2D eigenvalue weighted by atomic mass is 9.69. The van der Waals surface area contributed by atoms with Crippen LogP contribution in [0.5, 0.6) is 0 Å². The van der Waals surface area contributed by atoms with E-state index in [0.29, 0.717) is 0 Å². The number of rotatable bonds is 4. The number of allylic oxidation sites excluding steroid dienone is 2. The van der Waals surface area contributed by atoms with Crippen LogP contribution in [0.2, 0.25) is 0 Å². The van der Waals surface area contributed by atoms with Gasteiger partial charge in [-0.25, -0.2) is 0 Å². The van der Waals surface area contributed by atoms with Gasteiger partial charge in [-0.15, -0.1) is 13.2 Å². The highest BCUT2D eigenvalue weighted by Crippen LogP contribution is 2.42. The Morgan fingerprint density at radius 2 is 1.28 bits per heavy atom. The summed E-state index contributed by atoms with van der Waals surface area (Å²) in [5.41, 5.74) is 0. The average molecular weight is 248 g/mol. The second-order valence-corrected chi connectivity index (χ2v) is 6.22. The molecular formula is C18H32. The Balaban J connectivity index is 0.00000162. The van der Waals surface area contributed by atoms with E-state index < -0.39 is 0 Å². The summed E-state index contributed by atoms with van der Waals surface area (Å²) < 4.78 is 0. The van der Waals surface area contributed by atoms with Crippen molar-refractivity contribution in [2.24, 2.45) is 23.7 Å². The molecule has 2 rings (SSSR count). The third-order valence-corrected chi connectivity index (χ3v) is 5.21. The first kappa shape index (κ1) is 15.5. The van der Waals surface area contributed by atoms with Crippen LogP contribution >= 0.6 is 0 Å². The average Bonchev–Trinajstić information content (AvgIpc) is 2.40. The first-order valence-corrected chi connectivity index (χ1v) is 7.57. The minimum absolute atomic E-state index is 0. The summed E-state index contributed by atoms with van der Waals surface area (Å²) in [5.74, 6) is 3.86. The topological polar surface area (TPSA) is 0 Å². The van der Waals surface area contributed by atoms with Crippen LogP contribution in [0.4, 0.5) is 0 Å². The quantitative estimate of drug-likeness (QED) is 0.535. The van der Waals surface area contributed by atoms with E-state index in [4.69, 9.17) is 0 Å². The summed E-state index contributed by atoms with van der Waals surface area (Å²) in [7, 11) is 0. The van der Waals surface area contributed by atoms with Gasteiger partial charge in [0.15, 0.2) is 0 Å². The Labute approximate surface area is 115 Å². The van der Waals surface area contributed by atoms with Crippen LogP contribution in [-0.2, 0) is 0 Å². The number of hydrogen-bond acceptors (Lipinski definition) is 0. The lowest BCUT2D eigenvalue weighted by molar-refractivity contribution is 0.156. The number of hydrogen-bond donors (Lipinski definition) is 0. The van der Waals surface area contributed by atoms with Gasteiger partial charge in [0.2, 0.25) is 0 Å². The molecule has 0 unspecified atom stereocenters. The Kier molecular flexibility index (Phi) is 6.75. The van der Waals surface area contributed by atoms with E-state index in [0.717, 1.165) is 23.7 Å². The van der Waals surface area contributed by atoms with Gasteiger partial charge in [-0.2, -0.15) is 0 Å². The lowest BCUT2D eigenvalue weighted by Crippen LogP contribution is -2.25. The highest BCUT2D eigenvalue weighted by Gasteiger charge is 2.29. The molecule has 2 aliphatic carbocycles. The van der Waals surface area contributed by atoms with Crippen LogP contribution in [-0.4, -0.2) is 0 Å². The monoisotopic (exact) mass is 248 g/mol. The summed E-state index contributed by atoms with van der Waals surface area (Å²) >= 11 is 0. The Morgan fingerprint density at radius 3 is 1.72 bits per heavy atom. The molecule has 2 aliphatic rings. The summed E-state index contributed by atoms with van der Waals surface area (Å²) in [6.45, 7) is 7.81. The van der Waals surface area contributed by atoms with Gasteiger partial charge in [-0.05, 0) is 81.5 Å². The molecule has 0 spiro atoms. The van der Waals surface area contributed by atoms with Crippen LogP contribution in [0.15, 0.2) is 25.3 Å². The lowest BCUT2D eigenvalue weighted by Gasteiger charge is -2.37. The van der Waals surface area contributed by atoms with Gasteiger partial charge >= 0.3 is 0 Å². The minimum Gasteiger partial charge on any atom is -0.103 e. The largest absolute Gasteiger partial charge is 0.103 e. The van der Waals surface area contributed by atoms with Crippen molar-refractivity contribution in [3.8, 4) is 0 Å². The molecule has 0 heteroatoms. The fourth-order valence-electron chi connectivity index (χ4n) is 3.98. The van der Waals surface area contributed by atoms with Crippen molar-refractivity contribution >= 4 is 0 Å². The fraction of sp³-hybridized carbons (Fsp3) is 0.778. The smallest absolute Gasteiger partial charge is 0.0236 e. The summed E-state index contributed by atoms with van der Waals surface area (Å²) in [6.07, 6.45) is 17.2. The van der Waals surface area contributed by atoms with Gasteiger partial charge < -0.3 is 0 Å². The third-order valence-electron chi connectivity index (χ3n) is 5.21. The summed E-state index contributed by atoms with van der Waals surface area (Å²) in [4.78, 5) is 0. The molecule has 0 heterocycles. The van der Waals surface area contributed by atoms with Gasteiger partial charge in [0.05, 0.1) is 0 Å². The zero-order chi connectivity index (χ0) is 12.1. The summed E-state index contributed by atoms with van der Waals surface area (Å²) in [5, 5.41) is 0. The highest BCUT2D eigenvalue weighted by atomic mass is 14.3. The SMILES string of the molecule is C.C=CCC1CCC(C2CCC(C=C)CC2)CC1. The maximum atomic E-state index is 3.94. The molecule has 2 saturated carbocycles. The molecule has 0 bridgehead atoms. The molecule has 2 fully saturated rings. The van der Waals surface area contributed by atoms with E-state index in [2.05, 4.69) is 25.3 Å². The maximum Gasteiger partial charge on any atom is -0.0236 e. The van der Waals surface area contributed by atoms with E-state index in [1.165, 1.54) is 57.8 Å². The van der Waals surface area contributed by atoms with Crippen molar-refractivity contribution in [1.29, 1.82) is 0 Å². The molecule has 0 saturated heterocycles. The van der Waals surface area contributed by atoms with Crippen molar-refractivity contribution < 1.29 is 0 Å². The van der Waals surface area contributed by atoms with E-state index >= 15 is 0 Å². The molecule has 0 nitrogen and oxygen atoms in total. The van der Waals surface area contributed by atoms with Crippen molar-refractivity contribution in [2.45, 2.75) is 65.2 Å². The first-order chi connectivity index (χ1) is 8.33. The van der Waals surface area contributed by atoms with Gasteiger partial charge in [0, 0.05) is 0 Å². The van der Waals surface area contributed by atoms with Gasteiger partial charge in [0.1, 0.15) is 0 Å². The highest BCUT2D eigenvalue weighted by molar-refractivity contribution is 4.88. The molecule has 0 atom stereocenters. The van der Waals surface area contributed by atoms with Crippen molar-refractivity contribution in [3.05, 3.63) is 25.3 Å². The van der Waals surface area contributed by atoms with E-state index in [9.17, 15) is 0 Å². The second kappa shape index (κ2) is 7.81. The predicted octanol–water partition coefficient (Wildman–Crippen LogP) is 6.00. The van der Waals surface area contributed by atoms with Gasteiger partial charge in [-0.1, -0.05) is 19.6 Å². The van der Waals surface area contributed by atoms with Crippen LogP contribution in [0.3, 0.4) is 0 Å². The molecule has 0 aromatic heterocycles. The van der Waals surface area contributed by atoms with Crippen molar-refractivity contribution in [2.75, 3.05) is 0 Å². The minimum atomic E-state index is 0. The van der Waals surface area contributed by atoms with Gasteiger partial charge in [-0.3, -0.25) is 0 Å². The van der Waals surface area contributed by atoms with Crippen LogP contribution in [0, 0.1) is 23.7 Å². The van der Waals surface area contributed by atoms with E-state index in [1.54, 1.807) is 0 Å². The fourth-order valence-corrected chi connectivity index (χ4v) is 3.98. The van der Waals surface area contributed by atoms with Crippen molar-refractivity contribution in [1.82, 2.24) is 0 Å². The Hall–Kier alpha value is -0.520. The Morgan fingerprint density at radius 1 is 0.778 bits per heavy atom.